The van der Waals surface area contributed by atoms with Gasteiger partial charge in [-0.2, -0.15) is 0 Å². The van der Waals surface area contributed by atoms with Crippen molar-refractivity contribution >= 4 is 0 Å². The van der Waals surface area contributed by atoms with E-state index in [4.69, 9.17) is 0 Å². The Hall–Kier alpha value is -2.82. The van der Waals surface area contributed by atoms with Gasteiger partial charge in [0.15, 0.2) is 0 Å². The minimum absolute atomic E-state index is 0.904. The highest BCUT2D eigenvalue weighted by Gasteiger charge is 1.96. The molecule has 0 aliphatic rings. The molecule has 0 saturated carbocycles. The van der Waals surface area contributed by atoms with E-state index >= 15 is 0 Å². The van der Waals surface area contributed by atoms with Crippen LogP contribution >= 0.6 is 0 Å². The van der Waals surface area contributed by atoms with Crippen LogP contribution in [0.4, 0.5) is 0 Å². The average molecular weight is 382 g/mol. The van der Waals surface area contributed by atoms with Crippen molar-refractivity contribution in [2.24, 2.45) is 0 Å². The molecule has 0 aromatic heterocycles. The highest BCUT2D eigenvalue weighted by atomic mass is 14.8. The molecule has 0 spiro atoms. The summed E-state index contributed by atoms with van der Waals surface area (Å²) in [5.74, 6) is 6.55. The Balaban J connectivity index is 1.41. The second-order valence-electron chi connectivity index (χ2n) is 7.51. The second-order valence-corrected chi connectivity index (χ2v) is 7.51. The van der Waals surface area contributed by atoms with Crippen LogP contribution < -0.4 is 5.32 Å². The van der Waals surface area contributed by atoms with Crippen molar-refractivity contribution in [1.82, 2.24) is 5.32 Å². The first-order valence-corrected chi connectivity index (χ1v) is 10.8. The molecule has 148 valence electrons. The molecule has 0 saturated heterocycles. The molecule has 0 heterocycles. The van der Waals surface area contributed by atoms with Gasteiger partial charge in [-0.3, -0.25) is 0 Å². The van der Waals surface area contributed by atoms with E-state index in [1.54, 1.807) is 0 Å². The van der Waals surface area contributed by atoms with Crippen molar-refractivity contribution in [1.29, 1.82) is 0 Å². The van der Waals surface area contributed by atoms with Crippen molar-refractivity contribution < 1.29 is 0 Å². The van der Waals surface area contributed by atoms with E-state index in [9.17, 15) is 0 Å². The normalized spacial score (nSPS) is 10.4. The van der Waals surface area contributed by atoms with Gasteiger partial charge in [0.1, 0.15) is 0 Å². The third kappa shape index (κ3) is 7.60. The molecule has 0 aliphatic carbocycles. The SMILES string of the molecule is CCCCc1ccc(C#Cc2ccc(CNCCCc3ccccc3)cc2)cc1. The molecule has 1 heteroatoms. The largest absolute Gasteiger partial charge is 0.313 e. The molecule has 0 fully saturated rings. The maximum absolute atomic E-state index is 3.53. The zero-order chi connectivity index (χ0) is 20.2. The number of unbranched alkanes of at least 4 members (excludes halogenated alkanes) is 1. The van der Waals surface area contributed by atoms with Crippen LogP contribution in [0.1, 0.15) is 54.0 Å². The molecule has 3 aromatic carbocycles. The molecule has 0 aliphatic heterocycles. The Kier molecular flexibility index (Phi) is 8.57. The molecule has 0 atom stereocenters. The number of rotatable bonds is 9. The highest BCUT2D eigenvalue weighted by Crippen LogP contribution is 2.08. The summed E-state index contributed by atoms with van der Waals surface area (Å²) in [6, 6.07) is 27.9. The maximum atomic E-state index is 3.53. The van der Waals surface area contributed by atoms with Crippen LogP contribution in [0.5, 0.6) is 0 Å². The van der Waals surface area contributed by atoms with Gasteiger partial charge >= 0.3 is 0 Å². The monoisotopic (exact) mass is 381 g/mol. The van der Waals surface area contributed by atoms with Gasteiger partial charge < -0.3 is 5.32 Å². The predicted molar refractivity (Wildman–Crippen MR) is 124 cm³/mol. The van der Waals surface area contributed by atoms with Crippen LogP contribution in [0.25, 0.3) is 0 Å². The molecule has 3 aromatic rings. The number of aryl methyl sites for hydroxylation is 2. The summed E-state index contributed by atoms with van der Waals surface area (Å²) < 4.78 is 0. The highest BCUT2D eigenvalue weighted by molar-refractivity contribution is 5.44. The van der Waals surface area contributed by atoms with Gasteiger partial charge in [-0.15, -0.1) is 0 Å². The van der Waals surface area contributed by atoms with Crippen molar-refractivity contribution in [2.75, 3.05) is 6.54 Å². The van der Waals surface area contributed by atoms with Gasteiger partial charge in [-0.1, -0.05) is 79.8 Å². The van der Waals surface area contributed by atoms with E-state index in [-0.39, 0.29) is 0 Å². The summed E-state index contributed by atoms with van der Waals surface area (Å²) in [5.41, 5.74) is 6.25. The number of hydrogen-bond acceptors (Lipinski definition) is 1. The lowest BCUT2D eigenvalue weighted by Gasteiger charge is -2.05. The van der Waals surface area contributed by atoms with Crippen LogP contribution in [-0.4, -0.2) is 6.54 Å². The summed E-state index contributed by atoms with van der Waals surface area (Å²) in [6.45, 7) is 4.17. The standard InChI is InChI=1S/C28H31N/c1-2-3-8-25-12-14-26(15-13-25)16-17-27-18-20-28(21-19-27)23-29-22-7-11-24-9-5-4-6-10-24/h4-6,9-10,12-15,18-21,29H,2-3,7-8,11,22-23H2,1H3. The first-order valence-electron chi connectivity index (χ1n) is 10.8. The van der Waals surface area contributed by atoms with Crippen molar-refractivity contribution in [3.05, 3.63) is 107 Å². The minimum atomic E-state index is 0.904. The molecule has 0 amide bonds. The zero-order valence-electron chi connectivity index (χ0n) is 17.5. The quantitative estimate of drug-likeness (QED) is 0.346. The third-order valence-electron chi connectivity index (χ3n) is 5.07. The van der Waals surface area contributed by atoms with E-state index in [1.807, 2.05) is 0 Å². The van der Waals surface area contributed by atoms with E-state index in [1.165, 1.54) is 29.5 Å². The Morgan fingerprint density at radius 1 is 0.621 bits per heavy atom. The summed E-state index contributed by atoms with van der Waals surface area (Å²) in [7, 11) is 0. The first kappa shape index (κ1) is 20.9. The van der Waals surface area contributed by atoms with Crippen LogP contribution in [0, 0.1) is 11.8 Å². The Morgan fingerprint density at radius 2 is 1.17 bits per heavy atom. The second kappa shape index (κ2) is 11.9. The molecule has 0 radical (unpaired) electrons. The summed E-state index contributed by atoms with van der Waals surface area (Å²) in [6.07, 6.45) is 5.93. The van der Waals surface area contributed by atoms with Gasteiger partial charge in [-0.05, 0) is 73.2 Å². The van der Waals surface area contributed by atoms with Crippen LogP contribution in [0.15, 0.2) is 78.9 Å². The number of nitrogens with one attached hydrogen (secondary N) is 1. The van der Waals surface area contributed by atoms with Gasteiger partial charge in [-0.25, -0.2) is 0 Å². The van der Waals surface area contributed by atoms with Gasteiger partial charge in [0.25, 0.3) is 0 Å². The smallest absolute Gasteiger partial charge is 0.0249 e. The zero-order valence-corrected chi connectivity index (χ0v) is 17.5. The number of benzene rings is 3. The summed E-state index contributed by atoms with van der Waals surface area (Å²) in [4.78, 5) is 0. The van der Waals surface area contributed by atoms with Gasteiger partial charge in [0.2, 0.25) is 0 Å². The Morgan fingerprint density at radius 3 is 1.79 bits per heavy atom. The van der Waals surface area contributed by atoms with Crippen LogP contribution in [-0.2, 0) is 19.4 Å². The van der Waals surface area contributed by atoms with E-state index in [0.717, 1.165) is 43.5 Å². The lowest BCUT2D eigenvalue weighted by molar-refractivity contribution is 0.649. The number of hydrogen-bond donors (Lipinski definition) is 1. The van der Waals surface area contributed by atoms with Crippen LogP contribution in [0.2, 0.25) is 0 Å². The predicted octanol–water partition coefficient (Wildman–Crippen LogP) is 6.15. The molecule has 29 heavy (non-hydrogen) atoms. The molecular formula is C28H31N. The lowest BCUT2D eigenvalue weighted by atomic mass is 10.1. The van der Waals surface area contributed by atoms with Crippen LogP contribution in [0.3, 0.4) is 0 Å². The van der Waals surface area contributed by atoms with Gasteiger partial charge in [0, 0.05) is 17.7 Å². The Bertz CT molecular complexity index is 897. The maximum Gasteiger partial charge on any atom is 0.0249 e. The lowest BCUT2D eigenvalue weighted by Crippen LogP contribution is -2.15. The third-order valence-corrected chi connectivity index (χ3v) is 5.07. The van der Waals surface area contributed by atoms with Crippen molar-refractivity contribution in [2.45, 2.75) is 45.6 Å². The minimum Gasteiger partial charge on any atom is -0.313 e. The first-order chi connectivity index (χ1) is 14.3. The van der Waals surface area contributed by atoms with Crippen molar-refractivity contribution in [3.8, 4) is 11.8 Å². The summed E-state index contributed by atoms with van der Waals surface area (Å²) >= 11 is 0. The molecule has 0 bridgehead atoms. The average Bonchev–Trinajstić information content (AvgIpc) is 2.78. The summed E-state index contributed by atoms with van der Waals surface area (Å²) in [5, 5.41) is 3.53. The fourth-order valence-electron chi connectivity index (χ4n) is 3.28. The molecular weight excluding hydrogens is 350 g/mol. The van der Waals surface area contributed by atoms with E-state index < -0.39 is 0 Å². The molecule has 3 rings (SSSR count). The topological polar surface area (TPSA) is 12.0 Å². The van der Waals surface area contributed by atoms with Gasteiger partial charge in [0.05, 0.1) is 0 Å². The fourth-order valence-corrected chi connectivity index (χ4v) is 3.28. The van der Waals surface area contributed by atoms with E-state index in [0.29, 0.717) is 0 Å². The van der Waals surface area contributed by atoms with E-state index in [2.05, 4.69) is 103 Å². The Labute approximate surface area is 176 Å². The molecule has 1 nitrogen and oxygen atoms in total. The molecule has 0 unspecified atom stereocenters. The molecule has 1 N–H and O–H groups in total. The fraction of sp³-hybridized carbons (Fsp3) is 0.286. The van der Waals surface area contributed by atoms with Crippen molar-refractivity contribution in [3.63, 3.8) is 0 Å².